The predicted octanol–water partition coefficient (Wildman–Crippen LogP) is 3.67. The zero-order valence-corrected chi connectivity index (χ0v) is 8.38. The lowest BCUT2D eigenvalue weighted by molar-refractivity contribution is 1.18. The van der Waals surface area contributed by atoms with Crippen LogP contribution in [0, 0.1) is 6.92 Å². The molecule has 1 aromatic rings. The zero-order valence-electron chi connectivity index (χ0n) is 8.38. The van der Waals surface area contributed by atoms with E-state index in [0.29, 0.717) is 0 Å². The van der Waals surface area contributed by atoms with Crippen LogP contribution in [-0.2, 0) is 6.42 Å². The molecule has 0 bridgehead atoms. The van der Waals surface area contributed by atoms with Crippen molar-refractivity contribution < 1.29 is 0 Å². The van der Waals surface area contributed by atoms with Crippen LogP contribution in [0.2, 0.25) is 0 Å². The van der Waals surface area contributed by atoms with Gasteiger partial charge in [0.1, 0.15) is 0 Å². The van der Waals surface area contributed by atoms with Crippen LogP contribution in [0.15, 0.2) is 48.6 Å². The van der Waals surface area contributed by atoms with Crippen LogP contribution in [0.4, 0.5) is 0 Å². The molecule has 0 atom stereocenters. The fourth-order valence-corrected chi connectivity index (χ4v) is 1.35. The Morgan fingerprint density at radius 3 is 2.77 bits per heavy atom. The molecule has 0 saturated carbocycles. The van der Waals surface area contributed by atoms with Crippen molar-refractivity contribution in [2.75, 3.05) is 0 Å². The van der Waals surface area contributed by atoms with Crippen LogP contribution in [0.3, 0.4) is 0 Å². The van der Waals surface area contributed by atoms with E-state index in [0.717, 1.165) is 6.42 Å². The molecule has 0 spiro atoms. The van der Waals surface area contributed by atoms with Crippen molar-refractivity contribution in [3.8, 4) is 0 Å². The standard InChI is InChI=1S/C13H16/c1-4-12(5-2)10-13-8-6-7-11(3)9-13/h4-9H,1,10H2,2-3H3/b12-5+. The number of benzene rings is 1. The first-order valence-electron chi connectivity index (χ1n) is 4.59. The summed E-state index contributed by atoms with van der Waals surface area (Å²) in [6.07, 6.45) is 5.01. The van der Waals surface area contributed by atoms with Gasteiger partial charge in [-0.25, -0.2) is 0 Å². The quantitative estimate of drug-likeness (QED) is 0.610. The van der Waals surface area contributed by atoms with E-state index in [-0.39, 0.29) is 0 Å². The van der Waals surface area contributed by atoms with Crippen molar-refractivity contribution >= 4 is 0 Å². The molecular weight excluding hydrogens is 156 g/mol. The summed E-state index contributed by atoms with van der Waals surface area (Å²) in [4.78, 5) is 0. The molecule has 0 nitrogen and oxygen atoms in total. The number of rotatable bonds is 3. The Balaban J connectivity index is 2.79. The highest BCUT2D eigenvalue weighted by Crippen LogP contribution is 2.10. The highest BCUT2D eigenvalue weighted by molar-refractivity contribution is 5.29. The highest BCUT2D eigenvalue weighted by Gasteiger charge is 1.94. The maximum atomic E-state index is 3.78. The maximum Gasteiger partial charge on any atom is -0.00292 e. The van der Waals surface area contributed by atoms with E-state index in [1.54, 1.807) is 0 Å². The molecule has 0 amide bonds. The highest BCUT2D eigenvalue weighted by atomic mass is 14.0. The predicted molar refractivity (Wildman–Crippen MR) is 58.8 cm³/mol. The molecule has 0 aliphatic carbocycles. The summed E-state index contributed by atoms with van der Waals surface area (Å²) in [6, 6.07) is 8.58. The van der Waals surface area contributed by atoms with E-state index in [9.17, 15) is 0 Å². The zero-order chi connectivity index (χ0) is 9.68. The molecule has 0 N–H and O–H groups in total. The molecule has 0 unspecified atom stereocenters. The van der Waals surface area contributed by atoms with Gasteiger partial charge in [-0.2, -0.15) is 0 Å². The van der Waals surface area contributed by atoms with Gasteiger partial charge in [-0.05, 0) is 31.4 Å². The lowest BCUT2D eigenvalue weighted by Gasteiger charge is -2.02. The maximum absolute atomic E-state index is 3.78. The van der Waals surface area contributed by atoms with Crippen LogP contribution in [-0.4, -0.2) is 0 Å². The first kappa shape index (κ1) is 9.79. The second kappa shape index (κ2) is 4.66. The fraction of sp³-hybridized carbons (Fsp3) is 0.231. The molecule has 68 valence electrons. The molecule has 0 heteroatoms. The van der Waals surface area contributed by atoms with Crippen molar-refractivity contribution in [3.63, 3.8) is 0 Å². The van der Waals surface area contributed by atoms with Gasteiger partial charge in [0.15, 0.2) is 0 Å². The van der Waals surface area contributed by atoms with Gasteiger partial charge >= 0.3 is 0 Å². The topological polar surface area (TPSA) is 0 Å². The van der Waals surface area contributed by atoms with E-state index in [1.165, 1.54) is 16.7 Å². The average molecular weight is 172 g/mol. The summed E-state index contributed by atoms with van der Waals surface area (Å²) in [5.41, 5.74) is 3.95. The molecule has 0 aliphatic rings. The smallest absolute Gasteiger partial charge is 0.00292 e. The molecule has 0 aromatic heterocycles. The van der Waals surface area contributed by atoms with Crippen molar-refractivity contribution in [3.05, 3.63) is 59.7 Å². The van der Waals surface area contributed by atoms with Crippen LogP contribution in [0.5, 0.6) is 0 Å². The van der Waals surface area contributed by atoms with Gasteiger partial charge in [0.05, 0.1) is 0 Å². The third-order valence-corrected chi connectivity index (χ3v) is 2.12. The number of hydrogen-bond acceptors (Lipinski definition) is 0. The fourth-order valence-electron chi connectivity index (χ4n) is 1.35. The molecule has 1 rings (SSSR count). The minimum absolute atomic E-state index is 0.988. The lowest BCUT2D eigenvalue weighted by atomic mass is 10.0. The monoisotopic (exact) mass is 172 g/mol. The van der Waals surface area contributed by atoms with E-state index < -0.39 is 0 Å². The van der Waals surface area contributed by atoms with Crippen molar-refractivity contribution in [2.24, 2.45) is 0 Å². The van der Waals surface area contributed by atoms with Gasteiger partial charge < -0.3 is 0 Å². The van der Waals surface area contributed by atoms with Gasteiger partial charge in [-0.1, -0.05) is 48.6 Å². The molecule has 13 heavy (non-hydrogen) atoms. The lowest BCUT2D eigenvalue weighted by Crippen LogP contribution is -1.87. The average Bonchev–Trinajstić information content (AvgIpc) is 2.14. The third-order valence-electron chi connectivity index (χ3n) is 2.12. The van der Waals surface area contributed by atoms with Crippen LogP contribution < -0.4 is 0 Å². The molecule has 0 aliphatic heterocycles. The Morgan fingerprint density at radius 2 is 2.23 bits per heavy atom. The molecule has 0 fully saturated rings. The number of hydrogen-bond donors (Lipinski definition) is 0. The summed E-state index contributed by atoms with van der Waals surface area (Å²) in [6.45, 7) is 7.95. The second-order valence-electron chi connectivity index (χ2n) is 3.23. The molecular formula is C13H16. The van der Waals surface area contributed by atoms with Gasteiger partial charge in [-0.3, -0.25) is 0 Å². The Hall–Kier alpha value is -1.30. The third kappa shape index (κ3) is 2.90. The normalized spacial score (nSPS) is 11.4. The van der Waals surface area contributed by atoms with Crippen LogP contribution in [0.1, 0.15) is 18.1 Å². The Labute approximate surface area is 80.6 Å². The summed E-state index contributed by atoms with van der Waals surface area (Å²) in [5, 5.41) is 0. The second-order valence-corrected chi connectivity index (χ2v) is 3.23. The van der Waals surface area contributed by atoms with Gasteiger partial charge in [0, 0.05) is 0 Å². The van der Waals surface area contributed by atoms with Crippen molar-refractivity contribution in [2.45, 2.75) is 20.3 Å². The molecule has 0 radical (unpaired) electrons. The SMILES string of the molecule is C=C/C(=C\C)Cc1cccc(C)c1. The van der Waals surface area contributed by atoms with Crippen molar-refractivity contribution in [1.29, 1.82) is 0 Å². The minimum Gasteiger partial charge on any atom is -0.0988 e. The Morgan fingerprint density at radius 1 is 1.46 bits per heavy atom. The Bertz CT molecular complexity index is 319. The van der Waals surface area contributed by atoms with Gasteiger partial charge in [0.2, 0.25) is 0 Å². The van der Waals surface area contributed by atoms with E-state index in [1.807, 2.05) is 13.0 Å². The summed E-state index contributed by atoms with van der Waals surface area (Å²) in [5.74, 6) is 0. The van der Waals surface area contributed by atoms with E-state index in [4.69, 9.17) is 0 Å². The van der Waals surface area contributed by atoms with Gasteiger partial charge in [0.25, 0.3) is 0 Å². The molecule has 0 saturated heterocycles. The molecule has 0 heterocycles. The summed E-state index contributed by atoms with van der Waals surface area (Å²) in [7, 11) is 0. The van der Waals surface area contributed by atoms with Crippen molar-refractivity contribution in [1.82, 2.24) is 0 Å². The summed E-state index contributed by atoms with van der Waals surface area (Å²) < 4.78 is 0. The summed E-state index contributed by atoms with van der Waals surface area (Å²) >= 11 is 0. The number of allylic oxidation sites excluding steroid dienone is 3. The Kier molecular flexibility index (Phi) is 3.51. The number of aryl methyl sites for hydroxylation is 1. The van der Waals surface area contributed by atoms with Crippen LogP contribution >= 0.6 is 0 Å². The first-order valence-corrected chi connectivity index (χ1v) is 4.59. The van der Waals surface area contributed by atoms with E-state index in [2.05, 4.69) is 43.8 Å². The minimum atomic E-state index is 0.988. The van der Waals surface area contributed by atoms with Gasteiger partial charge in [-0.15, -0.1) is 0 Å². The van der Waals surface area contributed by atoms with E-state index >= 15 is 0 Å². The first-order chi connectivity index (χ1) is 6.26. The molecule has 1 aromatic carbocycles. The largest absolute Gasteiger partial charge is 0.0988 e. The van der Waals surface area contributed by atoms with Crippen LogP contribution in [0.25, 0.3) is 0 Å².